The molecule has 69 valence electrons. The molecule has 0 atom stereocenters. The van der Waals surface area contributed by atoms with Crippen molar-refractivity contribution in [3.05, 3.63) is 15.3 Å². The van der Waals surface area contributed by atoms with E-state index in [4.69, 9.17) is 30.3 Å². The molecule has 0 aliphatic heterocycles. The third-order valence-corrected chi connectivity index (χ3v) is 0. The Balaban J connectivity index is -0.0000000171. The summed E-state index contributed by atoms with van der Waals surface area (Å²) in [5.74, 6) is 0. The van der Waals surface area contributed by atoms with Crippen LogP contribution in [-0.4, -0.2) is 22.2 Å². The Morgan fingerprint density at radius 2 is 1.18 bits per heavy atom. The summed E-state index contributed by atoms with van der Waals surface area (Å²) in [6.07, 6.45) is -2.33. The van der Waals surface area contributed by atoms with Crippen molar-refractivity contribution in [1.82, 2.24) is 0 Å². The van der Waals surface area contributed by atoms with Crippen molar-refractivity contribution < 1.29 is 47.8 Å². The van der Waals surface area contributed by atoms with Crippen molar-refractivity contribution in [3.63, 3.8) is 0 Å². The van der Waals surface area contributed by atoms with Gasteiger partial charge in [0.1, 0.15) is 0 Å². The maximum absolute atomic E-state index is 8.33. The van der Waals surface area contributed by atoms with Crippen LogP contribution >= 0.6 is 0 Å². The van der Waals surface area contributed by atoms with Gasteiger partial charge in [-0.05, 0) is 6.16 Å². The normalized spacial score (nSPS) is 4.36. The average Bonchev–Trinajstić information content (AvgIpc) is 1.25. The first-order chi connectivity index (χ1) is 3.46. The monoisotopic (exact) mass is 216 g/mol. The second-order valence-corrected chi connectivity index (χ2v) is 0.474. The molecule has 1 radical (unpaired) electrons. The summed E-state index contributed by atoms with van der Waals surface area (Å²) in [5, 5.41) is 31.4. The molecule has 0 saturated heterocycles. The zero-order chi connectivity index (χ0) is 7.15. The molecule has 9 nitrogen and oxygen atoms in total. The maximum atomic E-state index is 8.33. The van der Waals surface area contributed by atoms with Crippen LogP contribution < -0.4 is 10.2 Å². The molecule has 11 heavy (non-hydrogen) atoms. The molecule has 0 aliphatic rings. The van der Waals surface area contributed by atoms with E-state index in [-0.39, 0.29) is 27.7 Å². The minimum atomic E-state index is -2.33. The summed E-state index contributed by atoms with van der Waals surface area (Å²) in [6.45, 7) is 0. The van der Waals surface area contributed by atoms with Crippen molar-refractivity contribution in [2.75, 3.05) is 0 Å². The summed E-state index contributed by atoms with van der Waals surface area (Å²) in [7, 11) is 0. The van der Waals surface area contributed by atoms with Gasteiger partial charge in [0.05, 0.1) is 5.09 Å². The number of carboxylic acid groups (broad SMARTS) is 2. The minimum absolute atomic E-state index is 0. The molecule has 0 unspecified atom stereocenters. The third kappa shape index (κ3) is 347. The van der Waals surface area contributed by atoms with Crippen LogP contribution in [0.25, 0.3) is 0 Å². The first-order valence-electron chi connectivity index (χ1n) is 1.16. The van der Waals surface area contributed by atoms with Crippen LogP contribution in [0.1, 0.15) is 0 Å². The van der Waals surface area contributed by atoms with Crippen molar-refractivity contribution in [3.8, 4) is 0 Å². The van der Waals surface area contributed by atoms with E-state index in [9.17, 15) is 0 Å². The summed E-state index contributed by atoms with van der Waals surface area (Å²) < 4.78 is 0. The van der Waals surface area contributed by atoms with Crippen LogP contribution in [0.15, 0.2) is 0 Å². The van der Waals surface area contributed by atoms with Crippen molar-refractivity contribution >= 4 is 6.16 Å². The van der Waals surface area contributed by atoms with Gasteiger partial charge in [0.15, 0.2) is 0 Å². The Kier molecular flexibility index (Phi) is 68.7. The Labute approximate surface area is 70.2 Å². The summed E-state index contributed by atoms with van der Waals surface area (Å²) in [4.78, 5) is 16.6. The fourth-order valence-electron chi connectivity index (χ4n) is 0. The Hall–Kier alpha value is -1.10. The minimum Gasteiger partial charge on any atom is -0.870 e. The van der Waals surface area contributed by atoms with Gasteiger partial charge < -0.3 is 41.3 Å². The number of rotatable bonds is 0. The summed E-state index contributed by atoms with van der Waals surface area (Å²) >= 11 is 0. The van der Waals surface area contributed by atoms with E-state index in [0.29, 0.717) is 0 Å². The van der Waals surface area contributed by atoms with E-state index in [0.717, 1.165) is 0 Å². The largest absolute Gasteiger partial charge is 4.00 e. The molecule has 0 spiro atoms. The van der Waals surface area contributed by atoms with Crippen LogP contribution in [0.2, 0.25) is 0 Å². The molecule has 0 aromatic heterocycles. The van der Waals surface area contributed by atoms with E-state index in [1.165, 1.54) is 0 Å². The van der Waals surface area contributed by atoms with Gasteiger partial charge in [0.25, 0.3) is 0 Å². The van der Waals surface area contributed by atoms with Crippen LogP contribution in [0, 0.1) is 15.3 Å². The molecule has 0 bridgehead atoms. The Bertz CT molecular complexity index is 72.1. The Morgan fingerprint density at radius 3 is 1.18 bits per heavy atom. The predicted molar refractivity (Wildman–Crippen MR) is 21.3 cm³/mol. The number of carbonyl (C=O) groups is 1. The van der Waals surface area contributed by atoms with Gasteiger partial charge in [-0.1, -0.05) is 0 Å². The number of nitrogens with zero attached hydrogens (tertiary/aromatic N) is 1. The van der Waals surface area contributed by atoms with Crippen molar-refractivity contribution in [1.29, 1.82) is 0 Å². The second kappa shape index (κ2) is 23.1. The second-order valence-electron chi connectivity index (χ2n) is 0.474. The Morgan fingerprint density at radius 1 is 1.18 bits per heavy atom. The van der Waals surface area contributed by atoms with E-state index in [2.05, 4.69) is 0 Å². The first-order valence-corrected chi connectivity index (χ1v) is 1.16. The van der Waals surface area contributed by atoms with Gasteiger partial charge in [0.2, 0.25) is 0 Å². The molecule has 10 heteroatoms. The van der Waals surface area contributed by atoms with Crippen LogP contribution in [-0.2, 0) is 16.8 Å². The maximum Gasteiger partial charge on any atom is 4.00 e. The summed E-state index contributed by atoms with van der Waals surface area (Å²) in [5.41, 5.74) is 0. The molecule has 0 aromatic carbocycles. The van der Waals surface area contributed by atoms with E-state index >= 15 is 0 Å². The van der Waals surface area contributed by atoms with Crippen molar-refractivity contribution in [2.45, 2.75) is 0 Å². The zero-order valence-electron chi connectivity index (χ0n) is 4.68. The fraction of sp³-hybridized carbons (Fsp3) is 0. The molecule has 0 fully saturated rings. The average molecular weight is 216 g/mol. The van der Waals surface area contributed by atoms with Crippen LogP contribution in [0.5, 0.6) is 0 Å². The van der Waals surface area contributed by atoms with E-state index < -0.39 is 11.2 Å². The van der Waals surface area contributed by atoms with E-state index in [1.54, 1.807) is 0 Å². The molecule has 0 rings (SSSR count). The predicted octanol–water partition coefficient (Wildman–Crippen LogP) is -3.69. The SMILES string of the molecule is O.O=C([O-])[O-].O=[N+]([O-])[O-].[Co+4].[OH-]. The third-order valence-electron chi connectivity index (χ3n) is 0. The van der Waals surface area contributed by atoms with Gasteiger partial charge in [-0.3, -0.25) is 0 Å². The summed E-state index contributed by atoms with van der Waals surface area (Å²) in [6, 6.07) is 0. The van der Waals surface area contributed by atoms with Crippen LogP contribution in [0.4, 0.5) is 4.79 Å². The zero-order valence-corrected chi connectivity index (χ0v) is 5.72. The molecular weight excluding hydrogens is 213 g/mol. The number of carbonyl (C=O) groups excluding carboxylic acids is 1. The van der Waals surface area contributed by atoms with Crippen LogP contribution in [0.3, 0.4) is 0 Å². The van der Waals surface area contributed by atoms with E-state index in [1.807, 2.05) is 0 Å². The molecule has 0 aromatic rings. The van der Waals surface area contributed by atoms with Crippen molar-refractivity contribution in [2.24, 2.45) is 0 Å². The molecule has 3 N–H and O–H groups in total. The van der Waals surface area contributed by atoms with Gasteiger partial charge >= 0.3 is 16.8 Å². The molecule has 0 saturated carbocycles. The molecule has 0 aliphatic carbocycles. The number of hydrogen-bond donors (Lipinski definition) is 0. The fourth-order valence-corrected chi connectivity index (χ4v) is 0. The molecular formula is CH3CoNO8. The standard InChI is InChI=1S/CH2O3.Co.NO3.2H2O/c2-1(3)4;;2-1(3)4;;/h(H2,2,3,4);;;2*1H2/q;+4;-1;;/p-3. The van der Waals surface area contributed by atoms with Gasteiger partial charge in [0, 0.05) is 0 Å². The van der Waals surface area contributed by atoms with Gasteiger partial charge in [-0.25, -0.2) is 0 Å². The molecule has 0 heterocycles. The topological polar surface area (TPSA) is 191 Å². The van der Waals surface area contributed by atoms with Gasteiger partial charge in [-0.2, -0.15) is 0 Å². The molecule has 0 amide bonds. The number of hydrogen-bond acceptors (Lipinski definition) is 7. The van der Waals surface area contributed by atoms with Gasteiger partial charge in [-0.15, -0.1) is 0 Å². The quantitative estimate of drug-likeness (QED) is 0.293. The first kappa shape index (κ1) is 32.7. The smallest absolute Gasteiger partial charge is 0.870 e.